The minimum Gasteiger partial charge on any atom is -0.462 e. The van der Waals surface area contributed by atoms with Crippen molar-refractivity contribution in [2.45, 2.75) is 207 Å². The van der Waals surface area contributed by atoms with E-state index >= 15 is 0 Å². The van der Waals surface area contributed by atoms with Crippen LogP contribution in [0.2, 0.25) is 0 Å². The third-order valence-corrected chi connectivity index (χ3v) is 10.7. The maximum absolute atomic E-state index is 12.8. The van der Waals surface area contributed by atoms with Crippen LogP contribution in [0.5, 0.6) is 0 Å². The number of ether oxygens (including phenoxy) is 3. The molecule has 6 heteroatoms. The number of allylic oxidation sites excluding steroid dienone is 28. The Bertz CT molecular complexity index is 1690. The first-order chi connectivity index (χ1) is 35.0. The Morgan fingerprint density at radius 2 is 0.592 bits per heavy atom. The number of carbonyl (C=O) groups excluding carboxylic acids is 3. The van der Waals surface area contributed by atoms with E-state index in [9.17, 15) is 14.4 Å². The van der Waals surface area contributed by atoms with Gasteiger partial charge in [0.2, 0.25) is 0 Å². The minimum absolute atomic E-state index is 0.139. The first kappa shape index (κ1) is 65.8. The summed E-state index contributed by atoms with van der Waals surface area (Å²) in [4.78, 5) is 38.0. The summed E-state index contributed by atoms with van der Waals surface area (Å²) >= 11 is 0. The first-order valence-electron chi connectivity index (χ1n) is 27.6. The van der Waals surface area contributed by atoms with Gasteiger partial charge in [-0.2, -0.15) is 0 Å². The fourth-order valence-corrected chi connectivity index (χ4v) is 6.61. The van der Waals surface area contributed by atoms with Gasteiger partial charge in [0.05, 0.1) is 0 Å². The molecule has 0 N–H and O–H groups in total. The molecule has 0 saturated heterocycles. The highest BCUT2D eigenvalue weighted by atomic mass is 16.6. The van der Waals surface area contributed by atoms with E-state index in [1.54, 1.807) is 0 Å². The number of unbranched alkanes of at least 4 members (excludes halogenated alkanes) is 8. The summed E-state index contributed by atoms with van der Waals surface area (Å²) in [5.74, 6) is -1.11. The van der Waals surface area contributed by atoms with Crippen molar-refractivity contribution in [2.24, 2.45) is 0 Å². The Morgan fingerprint density at radius 1 is 0.296 bits per heavy atom. The molecule has 0 saturated carbocycles. The Labute approximate surface area is 434 Å². The molecule has 71 heavy (non-hydrogen) atoms. The van der Waals surface area contributed by atoms with E-state index in [2.05, 4.69) is 179 Å². The fourth-order valence-electron chi connectivity index (χ4n) is 6.61. The second-order valence-electron chi connectivity index (χ2n) is 17.4. The topological polar surface area (TPSA) is 78.9 Å². The highest BCUT2D eigenvalue weighted by Gasteiger charge is 2.19. The summed E-state index contributed by atoms with van der Waals surface area (Å²) in [6.45, 7) is 6.22. The summed E-state index contributed by atoms with van der Waals surface area (Å²) in [5, 5.41) is 0. The molecule has 0 aliphatic heterocycles. The SMILES string of the molecule is CC/C=C\C/C=C\C/C=C\C/C=C\C/C=C\C/C=C\C/C=C\CCCC(=O)OCC(COC(=O)CCCCCCC/C=C\CCCC)OC(=O)CC/C=C\C/C=C\C/C=C\C/C=C\C/C=C\C/C=C\CC. The van der Waals surface area contributed by atoms with Crippen LogP contribution < -0.4 is 0 Å². The number of carbonyl (C=O) groups is 3. The van der Waals surface area contributed by atoms with Crippen LogP contribution in [0, 0.1) is 0 Å². The molecule has 0 aliphatic rings. The Kier molecular flexibility index (Phi) is 53.1. The minimum atomic E-state index is -0.854. The van der Waals surface area contributed by atoms with E-state index in [-0.39, 0.29) is 38.0 Å². The molecule has 0 fully saturated rings. The summed E-state index contributed by atoms with van der Waals surface area (Å²) in [6.07, 6.45) is 85.0. The van der Waals surface area contributed by atoms with Gasteiger partial charge in [-0.05, 0) is 128 Å². The molecule has 0 radical (unpaired) electrons. The molecule has 0 heterocycles. The van der Waals surface area contributed by atoms with Crippen molar-refractivity contribution in [3.8, 4) is 0 Å². The van der Waals surface area contributed by atoms with Crippen molar-refractivity contribution in [1.29, 1.82) is 0 Å². The second kappa shape index (κ2) is 57.3. The van der Waals surface area contributed by atoms with Crippen LogP contribution in [0.1, 0.15) is 201 Å². The second-order valence-corrected chi connectivity index (χ2v) is 17.4. The lowest BCUT2D eigenvalue weighted by Gasteiger charge is -2.18. The normalized spacial score (nSPS) is 13.5. The van der Waals surface area contributed by atoms with E-state index in [0.29, 0.717) is 19.3 Å². The van der Waals surface area contributed by atoms with E-state index in [1.807, 2.05) is 12.2 Å². The van der Waals surface area contributed by atoms with Crippen LogP contribution >= 0.6 is 0 Å². The summed E-state index contributed by atoms with van der Waals surface area (Å²) < 4.78 is 16.7. The molecule has 0 amide bonds. The average molecular weight is 975 g/mol. The van der Waals surface area contributed by atoms with Crippen molar-refractivity contribution in [3.63, 3.8) is 0 Å². The molecular formula is C65H98O6. The maximum atomic E-state index is 12.8. The third kappa shape index (κ3) is 55.6. The quantitative estimate of drug-likeness (QED) is 0.0262. The molecule has 0 aliphatic carbocycles. The van der Waals surface area contributed by atoms with E-state index in [0.717, 1.165) is 128 Å². The van der Waals surface area contributed by atoms with E-state index < -0.39 is 12.1 Å². The van der Waals surface area contributed by atoms with Crippen molar-refractivity contribution in [2.75, 3.05) is 13.2 Å². The largest absolute Gasteiger partial charge is 0.462 e. The average Bonchev–Trinajstić information content (AvgIpc) is 3.37. The summed E-state index contributed by atoms with van der Waals surface area (Å²) in [5.41, 5.74) is 0. The van der Waals surface area contributed by atoms with Crippen LogP contribution in [0.4, 0.5) is 0 Å². The molecule has 0 aromatic carbocycles. The lowest BCUT2D eigenvalue weighted by atomic mass is 10.1. The van der Waals surface area contributed by atoms with Gasteiger partial charge >= 0.3 is 17.9 Å². The van der Waals surface area contributed by atoms with Crippen molar-refractivity contribution < 1.29 is 28.6 Å². The van der Waals surface area contributed by atoms with E-state index in [1.165, 1.54) is 19.3 Å². The molecular weight excluding hydrogens is 877 g/mol. The predicted molar refractivity (Wildman–Crippen MR) is 306 cm³/mol. The zero-order valence-electron chi connectivity index (χ0n) is 44.9. The zero-order chi connectivity index (χ0) is 51.4. The van der Waals surface area contributed by atoms with Gasteiger partial charge in [0.1, 0.15) is 13.2 Å². The zero-order valence-corrected chi connectivity index (χ0v) is 44.9. The fraction of sp³-hybridized carbons (Fsp3) is 0.523. The number of hydrogen-bond donors (Lipinski definition) is 0. The van der Waals surface area contributed by atoms with E-state index in [4.69, 9.17) is 14.2 Å². The molecule has 1 atom stereocenters. The van der Waals surface area contributed by atoms with Crippen molar-refractivity contribution in [1.82, 2.24) is 0 Å². The van der Waals surface area contributed by atoms with Crippen LogP contribution in [0.15, 0.2) is 170 Å². The Hall–Kier alpha value is -5.23. The summed E-state index contributed by atoms with van der Waals surface area (Å²) in [7, 11) is 0. The van der Waals surface area contributed by atoms with Gasteiger partial charge in [0.25, 0.3) is 0 Å². The van der Waals surface area contributed by atoms with Gasteiger partial charge in [-0.3, -0.25) is 14.4 Å². The third-order valence-electron chi connectivity index (χ3n) is 10.7. The number of esters is 3. The number of rotatable bonds is 47. The monoisotopic (exact) mass is 975 g/mol. The number of hydrogen-bond acceptors (Lipinski definition) is 6. The van der Waals surface area contributed by atoms with Crippen LogP contribution in [-0.2, 0) is 28.6 Å². The predicted octanol–water partition coefficient (Wildman–Crippen LogP) is 18.8. The van der Waals surface area contributed by atoms with Crippen molar-refractivity contribution >= 4 is 17.9 Å². The Balaban J connectivity index is 4.60. The van der Waals surface area contributed by atoms with Crippen LogP contribution in [0.3, 0.4) is 0 Å². The molecule has 0 rings (SSSR count). The molecule has 394 valence electrons. The molecule has 1 unspecified atom stereocenters. The van der Waals surface area contributed by atoms with Crippen molar-refractivity contribution in [3.05, 3.63) is 170 Å². The molecule has 0 spiro atoms. The lowest BCUT2D eigenvalue weighted by Crippen LogP contribution is -2.30. The van der Waals surface area contributed by atoms with Crippen LogP contribution in [-0.4, -0.2) is 37.2 Å². The smallest absolute Gasteiger partial charge is 0.306 e. The standard InChI is InChI=1S/C65H98O6/c1-4-7-10-13-16-19-22-24-26-28-30-31-32-33-35-36-38-40-43-46-49-52-55-58-64(67)70-61-62(60-69-63(66)57-54-51-48-45-42-21-18-15-12-9-6-3)71-65(68)59-56-53-50-47-44-41-39-37-34-29-27-25-23-20-17-14-11-8-5-2/h7-8,10-11,15-20,24-27,30-31,33-35,37-38,40-41,44,46,49-50,53,62H,4-6,9,12-14,21-23,28-29,32,36,39,42-43,45,47-48,51-52,54-61H2,1-3H3/b10-7-,11-8-,18-15-,19-16-,20-17-,26-24-,27-25-,31-30-,35-33-,37-34-,40-38-,44-41-,49-46-,53-50-. The highest BCUT2D eigenvalue weighted by Crippen LogP contribution is 2.11. The van der Waals surface area contributed by atoms with Crippen LogP contribution in [0.25, 0.3) is 0 Å². The lowest BCUT2D eigenvalue weighted by molar-refractivity contribution is -0.166. The van der Waals surface area contributed by atoms with Gasteiger partial charge in [0.15, 0.2) is 6.10 Å². The maximum Gasteiger partial charge on any atom is 0.306 e. The first-order valence-corrected chi connectivity index (χ1v) is 27.6. The van der Waals surface area contributed by atoms with Gasteiger partial charge in [-0.25, -0.2) is 0 Å². The Morgan fingerprint density at radius 3 is 0.986 bits per heavy atom. The molecule has 6 nitrogen and oxygen atoms in total. The molecule has 0 bridgehead atoms. The summed E-state index contributed by atoms with van der Waals surface area (Å²) in [6, 6.07) is 0. The molecule has 0 aromatic heterocycles. The molecule has 0 aromatic rings. The van der Waals surface area contributed by atoms with Gasteiger partial charge in [0, 0.05) is 19.3 Å². The van der Waals surface area contributed by atoms with Gasteiger partial charge < -0.3 is 14.2 Å². The highest BCUT2D eigenvalue weighted by molar-refractivity contribution is 5.71. The van der Waals surface area contributed by atoms with Gasteiger partial charge in [-0.1, -0.05) is 223 Å². The van der Waals surface area contributed by atoms with Gasteiger partial charge in [-0.15, -0.1) is 0 Å².